The van der Waals surface area contributed by atoms with Gasteiger partial charge in [0.25, 0.3) is 6.26 Å². The third-order valence-corrected chi connectivity index (χ3v) is 7.30. The summed E-state index contributed by atoms with van der Waals surface area (Å²) in [5.41, 5.74) is 5.53. The smallest absolute Gasteiger partial charge is 0.419 e. The first kappa shape index (κ1) is 26.3. The van der Waals surface area contributed by atoms with Gasteiger partial charge in [0.2, 0.25) is 0 Å². The molecule has 2 rings (SSSR count). The maximum atomic E-state index is 14.9. The zero-order valence-corrected chi connectivity index (χ0v) is 18.0. The second kappa shape index (κ2) is 9.87. The highest BCUT2D eigenvalue weighted by Crippen LogP contribution is 2.66. The number of anilines is 1. The van der Waals surface area contributed by atoms with Gasteiger partial charge in [-0.25, -0.2) is 27.6 Å². The van der Waals surface area contributed by atoms with Crippen molar-refractivity contribution in [2.45, 2.75) is 18.4 Å². The Balaban J connectivity index is 2.14. The van der Waals surface area contributed by atoms with Gasteiger partial charge in [-0.2, -0.15) is 19.0 Å². The molecule has 178 valence electrons. The summed E-state index contributed by atoms with van der Waals surface area (Å²) in [5, 5.41) is 22.7. The number of nitriles is 1. The minimum Gasteiger partial charge on any atom is -0.419 e. The monoisotopic (exact) mass is 521 g/mol. The Morgan fingerprint density at radius 3 is 2.44 bits per heavy atom. The van der Waals surface area contributed by atoms with Gasteiger partial charge < -0.3 is 35.2 Å². The molecule has 0 aliphatic heterocycles. The molecule has 0 bridgehead atoms. The fourth-order valence-electron chi connectivity index (χ4n) is 2.29. The standard InChI is InChI=1S/C11H15FN5O12P3/c12-9(6-1-2-7-11(14)15-5-16-17(6)7)10(18)8(26-4-13)3-27-31(22,23)29-32(24,25)28-30(19,20)21/h1-2,5,8-10,18H,3H2,(H,22,23)(H,24,25)(H2,14,15,16)(H2,19,20,21)/t8-,9+,10-/m1/s1. The highest BCUT2D eigenvalue weighted by Gasteiger charge is 2.42. The number of phosphoric ester groups is 1. The molecule has 0 spiro atoms. The van der Waals surface area contributed by atoms with Crippen LogP contribution in [0.3, 0.4) is 0 Å². The van der Waals surface area contributed by atoms with Gasteiger partial charge in [-0.15, -0.1) is 0 Å². The van der Waals surface area contributed by atoms with Gasteiger partial charge in [-0.1, -0.05) is 0 Å². The highest BCUT2D eigenvalue weighted by molar-refractivity contribution is 7.66. The maximum absolute atomic E-state index is 14.9. The van der Waals surface area contributed by atoms with Crippen LogP contribution in [0.15, 0.2) is 18.5 Å². The summed E-state index contributed by atoms with van der Waals surface area (Å²) in [4.78, 5) is 39.2. The molecular formula is C11H15FN5O12P3. The molecule has 17 nitrogen and oxygen atoms in total. The number of alkyl halides is 1. The summed E-state index contributed by atoms with van der Waals surface area (Å²) in [6.45, 7) is -1.26. The fourth-order valence-corrected chi connectivity index (χ4v) is 5.32. The van der Waals surface area contributed by atoms with E-state index in [0.717, 1.165) is 17.1 Å². The molecule has 0 saturated heterocycles. The van der Waals surface area contributed by atoms with E-state index in [0.29, 0.717) is 0 Å². The molecule has 0 aliphatic rings. The van der Waals surface area contributed by atoms with E-state index < -0.39 is 48.5 Å². The van der Waals surface area contributed by atoms with Crippen molar-refractivity contribution in [3.63, 3.8) is 0 Å². The van der Waals surface area contributed by atoms with Crippen LogP contribution < -0.4 is 5.73 Å². The summed E-state index contributed by atoms with van der Waals surface area (Å²) >= 11 is 0. The van der Waals surface area contributed by atoms with Crippen molar-refractivity contribution < 1.29 is 60.6 Å². The average molecular weight is 521 g/mol. The van der Waals surface area contributed by atoms with Crippen molar-refractivity contribution in [1.82, 2.24) is 14.6 Å². The molecule has 5 atom stereocenters. The number of nitrogens with two attached hydrogens (primary N) is 1. The normalized spacial score (nSPS) is 18.8. The van der Waals surface area contributed by atoms with E-state index in [2.05, 4.69) is 28.0 Å². The number of fused-ring (bicyclic) bond motifs is 1. The second-order valence-electron chi connectivity index (χ2n) is 5.73. The number of halogens is 1. The Bertz CT molecular complexity index is 1150. The molecule has 2 heterocycles. The van der Waals surface area contributed by atoms with Crippen molar-refractivity contribution in [3.8, 4) is 6.26 Å². The second-order valence-corrected chi connectivity index (χ2v) is 10.1. The molecule has 0 radical (unpaired) electrons. The lowest BCUT2D eigenvalue weighted by Crippen LogP contribution is -2.36. The van der Waals surface area contributed by atoms with Crippen LogP contribution in [0, 0.1) is 11.5 Å². The molecule has 32 heavy (non-hydrogen) atoms. The Labute approximate surface area is 177 Å². The quantitative estimate of drug-likeness (QED) is 0.166. The Kier molecular flexibility index (Phi) is 8.10. The largest absolute Gasteiger partial charge is 0.490 e. The molecule has 0 amide bonds. The zero-order chi connectivity index (χ0) is 24.3. The van der Waals surface area contributed by atoms with Crippen molar-refractivity contribution in [3.05, 3.63) is 24.2 Å². The summed E-state index contributed by atoms with van der Waals surface area (Å²) in [7, 11) is -17.0. The van der Waals surface area contributed by atoms with Crippen LogP contribution in [0.5, 0.6) is 0 Å². The molecular weight excluding hydrogens is 506 g/mol. The first-order valence-electron chi connectivity index (χ1n) is 7.89. The summed E-state index contributed by atoms with van der Waals surface area (Å²) in [5.74, 6) is -0.00887. The first-order chi connectivity index (χ1) is 14.7. The molecule has 0 fully saturated rings. The summed E-state index contributed by atoms with van der Waals surface area (Å²) < 4.78 is 65.2. The predicted molar refractivity (Wildman–Crippen MR) is 97.6 cm³/mol. The maximum Gasteiger partial charge on any atom is 0.490 e. The SMILES string of the molecule is N#CO[C@H](COP(=O)(O)OP(=O)(O)OP(=O)(O)O)[C@@H](O)[C@@H](F)c1ccc2c(N)ncnn12. The minimum atomic E-state index is -5.80. The van der Waals surface area contributed by atoms with Crippen LogP contribution in [-0.4, -0.2) is 58.1 Å². The molecule has 2 aromatic rings. The number of rotatable bonds is 11. The first-order valence-corrected chi connectivity index (χ1v) is 12.4. The van der Waals surface area contributed by atoms with Gasteiger partial charge in [-0.05, 0) is 12.1 Å². The minimum absolute atomic E-state index is 0.00887. The Hall–Kier alpha value is -1.99. The third-order valence-electron chi connectivity index (χ3n) is 3.50. The molecule has 2 aromatic heterocycles. The number of aromatic nitrogens is 3. The molecule has 0 aromatic carbocycles. The van der Waals surface area contributed by atoms with Crippen LogP contribution in [-0.2, 0) is 31.6 Å². The molecule has 2 unspecified atom stereocenters. The average Bonchev–Trinajstić information content (AvgIpc) is 3.06. The lowest BCUT2D eigenvalue weighted by molar-refractivity contribution is -0.0538. The number of hydrogen-bond donors (Lipinski definition) is 6. The van der Waals surface area contributed by atoms with Gasteiger partial charge in [-0.3, -0.25) is 4.52 Å². The highest BCUT2D eigenvalue weighted by atomic mass is 31.3. The number of nitrogen functional groups attached to an aromatic ring is 1. The Morgan fingerprint density at radius 2 is 1.84 bits per heavy atom. The van der Waals surface area contributed by atoms with E-state index in [9.17, 15) is 28.1 Å². The summed E-state index contributed by atoms with van der Waals surface area (Å²) in [6, 6.07) is 2.51. The molecule has 7 N–H and O–H groups in total. The number of phosphoric acid groups is 3. The molecule has 0 saturated carbocycles. The van der Waals surface area contributed by atoms with Crippen LogP contribution >= 0.6 is 23.5 Å². The molecule has 21 heteroatoms. The van der Waals surface area contributed by atoms with Crippen LogP contribution in [0.1, 0.15) is 11.9 Å². The van der Waals surface area contributed by atoms with Crippen molar-refractivity contribution in [2.75, 3.05) is 12.3 Å². The number of aliphatic hydroxyl groups excluding tert-OH is 1. The van der Waals surface area contributed by atoms with E-state index in [-0.39, 0.29) is 17.0 Å². The van der Waals surface area contributed by atoms with Gasteiger partial charge in [0.1, 0.15) is 17.9 Å². The van der Waals surface area contributed by atoms with Crippen molar-refractivity contribution in [2.24, 2.45) is 0 Å². The predicted octanol–water partition coefficient (Wildman–Crippen LogP) is -0.107. The van der Waals surface area contributed by atoms with E-state index in [4.69, 9.17) is 25.7 Å². The van der Waals surface area contributed by atoms with Crippen LogP contribution in [0.25, 0.3) is 5.52 Å². The van der Waals surface area contributed by atoms with Crippen molar-refractivity contribution >= 4 is 34.8 Å². The topological polar surface area (TPSA) is 269 Å². The lowest BCUT2D eigenvalue weighted by Gasteiger charge is -2.24. The van der Waals surface area contributed by atoms with Gasteiger partial charge in [0, 0.05) is 0 Å². The third kappa shape index (κ3) is 7.01. The van der Waals surface area contributed by atoms with Crippen LogP contribution in [0.2, 0.25) is 0 Å². The number of aliphatic hydroxyl groups is 1. The number of ether oxygens (including phenoxy) is 1. The summed E-state index contributed by atoms with van der Waals surface area (Å²) in [6.07, 6.45) is -4.41. The Morgan fingerprint density at radius 1 is 1.19 bits per heavy atom. The fraction of sp³-hybridized carbons (Fsp3) is 0.364. The number of hydrogen-bond acceptors (Lipinski definition) is 12. The van der Waals surface area contributed by atoms with Gasteiger partial charge >= 0.3 is 23.5 Å². The van der Waals surface area contributed by atoms with Crippen molar-refractivity contribution in [1.29, 1.82) is 5.26 Å². The van der Waals surface area contributed by atoms with Crippen LogP contribution in [0.4, 0.5) is 10.2 Å². The van der Waals surface area contributed by atoms with E-state index in [1.165, 1.54) is 12.1 Å². The molecule has 0 aliphatic carbocycles. The zero-order valence-electron chi connectivity index (χ0n) is 15.4. The van der Waals surface area contributed by atoms with E-state index in [1.807, 2.05) is 0 Å². The van der Waals surface area contributed by atoms with E-state index >= 15 is 0 Å². The lowest BCUT2D eigenvalue weighted by atomic mass is 10.1. The van der Waals surface area contributed by atoms with Gasteiger partial charge in [0.15, 0.2) is 18.1 Å². The number of nitrogens with zero attached hydrogens (tertiary/aromatic N) is 4. The van der Waals surface area contributed by atoms with E-state index in [1.54, 1.807) is 0 Å². The van der Waals surface area contributed by atoms with Gasteiger partial charge in [0.05, 0.1) is 12.3 Å².